The Balaban J connectivity index is 1.94. The van der Waals surface area contributed by atoms with Crippen molar-refractivity contribution in [3.63, 3.8) is 0 Å². The van der Waals surface area contributed by atoms with Crippen molar-refractivity contribution >= 4 is 17.3 Å². The molecule has 2 N–H and O–H groups in total. The summed E-state index contributed by atoms with van der Waals surface area (Å²) in [6, 6.07) is 0. The van der Waals surface area contributed by atoms with Crippen LogP contribution in [0.3, 0.4) is 0 Å². The second-order valence-corrected chi connectivity index (χ2v) is 4.12. The van der Waals surface area contributed by atoms with Gasteiger partial charge in [-0.2, -0.15) is 0 Å². The maximum Gasteiger partial charge on any atom is 0.169 e. The third-order valence-electron chi connectivity index (χ3n) is 2.59. The van der Waals surface area contributed by atoms with Crippen LogP contribution in [-0.4, -0.2) is 33.1 Å². The van der Waals surface area contributed by atoms with E-state index < -0.39 is 0 Å². The van der Waals surface area contributed by atoms with Crippen LogP contribution in [-0.2, 0) is 13.0 Å². The second kappa shape index (κ2) is 4.61. The van der Waals surface area contributed by atoms with Gasteiger partial charge in [0.15, 0.2) is 5.11 Å². The number of hydrogen-bond acceptors (Lipinski definition) is 2. The number of nitrogens with one attached hydrogen (secondary N) is 2. The zero-order chi connectivity index (χ0) is 10.7. The van der Waals surface area contributed by atoms with Crippen LogP contribution < -0.4 is 5.32 Å². The summed E-state index contributed by atoms with van der Waals surface area (Å²) in [5, 5.41) is 4.11. The van der Waals surface area contributed by atoms with Crippen molar-refractivity contribution in [2.75, 3.05) is 13.1 Å². The molecule has 0 amide bonds. The summed E-state index contributed by atoms with van der Waals surface area (Å²) >= 11 is 5.32. The van der Waals surface area contributed by atoms with Gasteiger partial charge in [0.05, 0.1) is 24.3 Å². The molecule has 0 saturated carbocycles. The molecular formula is C10H16N4S. The van der Waals surface area contributed by atoms with Gasteiger partial charge in [-0.15, -0.1) is 0 Å². The first-order valence-corrected chi connectivity index (χ1v) is 5.76. The monoisotopic (exact) mass is 224 g/mol. The molecule has 15 heavy (non-hydrogen) atoms. The van der Waals surface area contributed by atoms with Crippen LogP contribution in [0.25, 0.3) is 0 Å². The number of thiocarbonyl (C=S) groups is 1. The van der Waals surface area contributed by atoms with Gasteiger partial charge in [0, 0.05) is 19.5 Å². The van der Waals surface area contributed by atoms with E-state index in [1.807, 2.05) is 0 Å². The maximum atomic E-state index is 5.32. The minimum absolute atomic E-state index is 0.852. The van der Waals surface area contributed by atoms with E-state index in [0.717, 1.165) is 37.6 Å². The highest BCUT2D eigenvalue weighted by Crippen LogP contribution is 2.14. The van der Waals surface area contributed by atoms with Gasteiger partial charge in [-0.25, -0.2) is 4.98 Å². The molecule has 0 bridgehead atoms. The highest BCUT2D eigenvalue weighted by molar-refractivity contribution is 7.80. The van der Waals surface area contributed by atoms with Crippen LogP contribution in [0.15, 0.2) is 6.33 Å². The van der Waals surface area contributed by atoms with E-state index in [-0.39, 0.29) is 0 Å². The molecule has 0 radical (unpaired) electrons. The van der Waals surface area contributed by atoms with Gasteiger partial charge in [-0.1, -0.05) is 6.92 Å². The smallest absolute Gasteiger partial charge is 0.169 e. The van der Waals surface area contributed by atoms with E-state index in [1.54, 1.807) is 6.33 Å². The van der Waals surface area contributed by atoms with Crippen LogP contribution in [0.2, 0.25) is 0 Å². The summed E-state index contributed by atoms with van der Waals surface area (Å²) < 4.78 is 0. The molecule has 0 aromatic carbocycles. The van der Waals surface area contributed by atoms with Gasteiger partial charge >= 0.3 is 0 Å². The first kappa shape index (κ1) is 10.4. The van der Waals surface area contributed by atoms with Gasteiger partial charge in [-0.05, 0) is 18.6 Å². The van der Waals surface area contributed by atoms with Gasteiger partial charge in [0.2, 0.25) is 0 Å². The first-order chi connectivity index (χ1) is 7.31. The van der Waals surface area contributed by atoms with Gasteiger partial charge in [0.25, 0.3) is 0 Å². The molecular weight excluding hydrogens is 208 g/mol. The van der Waals surface area contributed by atoms with Crippen molar-refractivity contribution < 1.29 is 0 Å². The minimum atomic E-state index is 0.852. The summed E-state index contributed by atoms with van der Waals surface area (Å²) in [6.07, 6.45) is 3.84. The van der Waals surface area contributed by atoms with E-state index in [2.05, 4.69) is 27.1 Å². The van der Waals surface area contributed by atoms with E-state index >= 15 is 0 Å². The number of aromatic nitrogens is 2. The fourth-order valence-corrected chi connectivity index (χ4v) is 1.99. The number of nitrogens with zero attached hydrogens (tertiary/aromatic N) is 2. The minimum Gasteiger partial charge on any atom is -0.363 e. The van der Waals surface area contributed by atoms with Crippen LogP contribution >= 0.6 is 12.2 Å². The molecule has 2 rings (SSSR count). The zero-order valence-electron chi connectivity index (χ0n) is 8.92. The number of fused-ring (bicyclic) bond motifs is 1. The molecule has 0 fully saturated rings. The summed E-state index contributed by atoms with van der Waals surface area (Å²) in [6.45, 7) is 4.91. The molecule has 1 aromatic rings. The lowest BCUT2D eigenvalue weighted by molar-refractivity contribution is 0.380. The summed E-state index contributed by atoms with van der Waals surface area (Å²) in [7, 11) is 0. The molecule has 0 saturated heterocycles. The molecule has 1 aliphatic rings. The fraction of sp³-hybridized carbons (Fsp3) is 0.600. The Labute approximate surface area is 95.1 Å². The number of imidazole rings is 1. The average Bonchev–Trinajstić information content (AvgIpc) is 2.72. The fourth-order valence-electron chi connectivity index (χ4n) is 1.73. The van der Waals surface area contributed by atoms with Crippen molar-refractivity contribution in [1.82, 2.24) is 20.2 Å². The summed E-state index contributed by atoms with van der Waals surface area (Å²) in [5.41, 5.74) is 2.38. The van der Waals surface area contributed by atoms with E-state index in [4.69, 9.17) is 12.2 Å². The van der Waals surface area contributed by atoms with Crippen molar-refractivity contribution in [1.29, 1.82) is 0 Å². The normalized spacial score (nSPS) is 14.9. The van der Waals surface area contributed by atoms with Crippen molar-refractivity contribution in [2.24, 2.45) is 0 Å². The Bertz CT molecular complexity index is 347. The summed E-state index contributed by atoms with van der Waals surface area (Å²) in [4.78, 5) is 9.61. The molecule has 4 nitrogen and oxygen atoms in total. The van der Waals surface area contributed by atoms with Gasteiger partial charge < -0.3 is 15.2 Å². The molecule has 1 aromatic heterocycles. The Morgan fingerprint density at radius 3 is 3.40 bits per heavy atom. The van der Waals surface area contributed by atoms with Crippen molar-refractivity contribution in [2.45, 2.75) is 26.3 Å². The lowest BCUT2D eigenvalue weighted by Crippen LogP contribution is -2.42. The number of hydrogen-bond donors (Lipinski definition) is 2. The third kappa shape index (κ3) is 2.28. The lowest BCUT2D eigenvalue weighted by Gasteiger charge is -2.28. The molecule has 5 heteroatoms. The van der Waals surface area contributed by atoms with Crippen molar-refractivity contribution in [3.05, 3.63) is 17.7 Å². The molecule has 0 aliphatic carbocycles. The second-order valence-electron chi connectivity index (χ2n) is 3.73. The quantitative estimate of drug-likeness (QED) is 0.737. The highest BCUT2D eigenvalue weighted by Gasteiger charge is 2.19. The molecule has 1 aliphatic heterocycles. The van der Waals surface area contributed by atoms with Crippen molar-refractivity contribution in [3.8, 4) is 0 Å². The van der Waals surface area contributed by atoms with Crippen LogP contribution in [0, 0.1) is 0 Å². The van der Waals surface area contributed by atoms with Gasteiger partial charge in [-0.3, -0.25) is 0 Å². The zero-order valence-corrected chi connectivity index (χ0v) is 9.73. The van der Waals surface area contributed by atoms with E-state index in [9.17, 15) is 0 Å². The van der Waals surface area contributed by atoms with Gasteiger partial charge in [0.1, 0.15) is 0 Å². The topological polar surface area (TPSA) is 44.0 Å². The Hall–Kier alpha value is -1.10. The summed E-state index contributed by atoms with van der Waals surface area (Å²) in [5.74, 6) is 0. The first-order valence-electron chi connectivity index (χ1n) is 5.35. The van der Waals surface area contributed by atoms with E-state index in [1.165, 1.54) is 11.4 Å². The number of rotatable bonds is 2. The maximum absolute atomic E-state index is 5.32. The molecule has 0 atom stereocenters. The molecule has 2 heterocycles. The predicted molar refractivity (Wildman–Crippen MR) is 63.6 cm³/mol. The highest BCUT2D eigenvalue weighted by atomic mass is 32.1. The largest absolute Gasteiger partial charge is 0.363 e. The predicted octanol–water partition coefficient (Wildman–Crippen LogP) is 1.05. The average molecular weight is 224 g/mol. The SMILES string of the molecule is CCCNC(=S)N1CCc2nc[nH]c2C1. The Morgan fingerprint density at radius 1 is 1.73 bits per heavy atom. The Kier molecular flexibility index (Phi) is 3.20. The lowest BCUT2D eigenvalue weighted by atomic mass is 10.1. The number of aromatic amines is 1. The van der Waals surface area contributed by atoms with Crippen LogP contribution in [0.5, 0.6) is 0 Å². The van der Waals surface area contributed by atoms with Crippen LogP contribution in [0.1, 0.15) is 24.7 Å². The van der Waals surface area contributed by atoms with E-state index in [0.29, 0.717) is 0 Å². The standard InChI is InChI=1S/C10H16N4S/c1-2-4-11-10(15)14-5-3-8-9(6-14)13-7-12-8/h7H,2-6H2,1H3,(H,11,15)(H,12,13). The van der Waals surface area contributed by atoms with Crippen LogP contribution in [0.4, 0.5) is 0 Å². The molecule has 0 spiro atoms. The number of H-pyrrole nitrogens is 1. The molecule has 0 unspecified atom stereocenters. The Morgan fingerprint density at radius 2 is 2.60 bits per heavy atom. The third-order valence-corrected chi connectivity index (χ3v) is 2.99. The molecule has 82 valence electrons.